The number of rotatable bonds is 56. The van der Waals surface area contributed by atoms with Crippen LogP contribution in [0.3, 0.4) is 0 Å². The van der Waals surface area contributed by atoms with E-state index >= 15 is 0 Å². The molecule has 0 fully saturated rings. The van der Waals surface area contributed by atoms with Gasteiger partial charge in [-0.3, -0.25) is 9.59 Å². The van der Waals surface area contributed by atoms with Crippen molar-refractivity contribution in [3.63, 3.8) is 0 Å². The predicted molar refractivity (Wildman–Crippen MR) is 316 cm³/mol. The lowest BCUT2D eigenvalue weighted by molar-refractivity contribution is -0.163. The van der Waals surface area contributed by atoms with Gasteiger partial charge in [-0.25, -0.2) is 0 Å². The molecule has 0 saturated heterocycles. The molecule has 72 heavy (non-hydrogen) atoms. The van der Waals surface area contributed by atoms with E-state index in [-0.39, 0.29) is 25.2 Å². The molecule has 0 aliphatic heterocycles. The summed E-state index contributed by atoms with van der Waals surface area (Å²) in [5.74, 6) is -0.424. The zero-order valence-electron chi connectivity index (χ0n) is 47.7. The zero-order valence-corrected chi connectivity index (χ0v) is 47.7. The Morgan fingerprint density at radius 1 is 0.319 bits per heavy atom. The summed E-state index contributed by atoms with van der Waals surface area (Å²) in [4.78, 5) is 25.6. The quantitative estimate of drug-likeness (QED) is 0.0345. The summed E-state index contributed by atoms with van der Waals surface area (Å²) in [5.41, 5.74) is 0. The summed E-state index contributed by atoms with van der Waals surface area (Å²) in [7, 11) is 0. The molecule has 5 heteroatoms. The third kappa shape index (κ3) is 59.4. The van der Waals surface area contributed by atoms with Gasteiger partial charge in [0, 0.05) is 19.4 Å². The van der Waals surface area contributed by atoms with E-state index in [2.05, 4.69) is 118 Å². The maximum Gasteiger partial charge on any atom is 0.306 e. The summed E-state index contributed by atoms with van der Waals surface area (Å²) in [6.45, 7) is 7.67. The Morgan fingerprint density at radius 2 is 0.625 bits per heavy atom. The van der Waals surface area contributed by atoms with Crippen LogP contribution in [0.25, 0.3) is 0 Å². The lowest BCUT2D eigenvalue weighted by Gasteiger charge is -2.18. The van der Waals surface area contributed by atoms with Crippen molar-refractivity contribution >= 4 is 11.9 Å². The van der Waals surface area contributed by atoms with E-state index in [0.717, 1.165) is 103 Å². The minimum Gasteiger partial charge on any atom is -0.462 e. The fourth-order valence-corrected chi connectivity index (χ4v) is 8.50. The highest BCUT2D eigenvalue weighted by molar-refractivity contribution is 5.70. The van der Waals surface area contributed by atoms with Gasteiger partial charge in [-0.1, -0.05) is 253 Å². The smallest absolute Gasteiger partial charge is 0.306 e. The minimum absolute atomic E-state index is 0.0675. The maximum atomic E-state index is 12.9. The lowest BCUT2D eigenvalue weighted by Crippen LogP contribution is -2.30. The van der Waals surface area contributed by atoms with Gasteiger partial charge in [0.15, 0.2) is 6.10 Å². The van der Waals surface area contributed by atoms with Gasteiger partial charge in [-0.15, -0.1) is 0 Å². The summed E-state index contributed by atoms with van der Waals surface area (Å²) in [6.07, 6.45) is 84.3. The molecule has 0 aromatic heterocycles. The fourth-order valence-electron chi connectivity index (χ4n) is 8.50. The zero-order chi connectivity index (χ0) is 52.0. The number of esters is 2. The highest BCUT2D eigenvalue weighted by Gasteiger charge is 2.17. The predicted octanol–water partition coefficient (Wildman–Crippen LogP) is 21.4. The molecule has 0 aliphatic rings. The summed E-state index contributed by atoms with van der Waals surface area (Å²) in [5, 5.41) is 0. The van der Waals surface area contributed by atoms with Crippen molar-refractivity contribution < 1.29 is 23.8 Å². The van der Waals surface area contributed by atoms with Gasteiger partial charge < -0.3 is 14.2 Å². The van der Waals surface area contributed by atoms with Gasteiger partial charge in [0.05, 0.1) is 6.61 Å². The van der Waals surface area contributed by atoms with Gasteiger partial charge >= 0.3 is 11.9 Å². The fraction of sp³-hybridized carbons (Fsp3) is 0.731. The van der Waals surface area contributed by atoms with Crippen LogP contribution in [0.2, 0.25) is 0 Å². The van der Waals surface area contributed by atoms with Gasteiger partial charge in [-0.2, -0.15) is 0 Å². The first kappa shape index (κ1) is 68.8. The molecule has 0 aliphatic carbocycles. The van der Waals surface area contributed by atoms with Crippen LogP contribution in [0.5, 0.6) is 0 Å². The highest BCUT2D eigenvalue weighted by Crippen LogP contribution is 2.15. The van der Waals surface area contributed by atoms with E-state index in [1.165, 1.54) is 154 Å². The summed E-state index contributed by atoms with van der Waals surface area (Å²) in [6, 6.07) is 0. The largest absolute Gasteiger partial charge is 0.462 e. The van der Waals surface area contributed by atoms with Gasteiger partial charge in [0.25, 0.3) is 0 Å². The molecule has 5 nitrogen and oxygen atoms in total. The molecular weight excluding hydrogens is 885 g/mol. The van der Waals surface area contributed by atoms with Gasteiger partial charge in [0.1, 0.15) is 6.61 Å². The first-order valence-electron chi connectivity index (χ1n) is 30.8. The number of ether oxygens (including phenoxy) is 3. The average Bonchev–Trinajstić information content (AvgIpc) is 3.38. The summed E-state index contributed by atoms with van der Waals surface area (Å²) >= 11 is 0. The third-order valence-corrected chi connectivity index (χ3v) is 13.1. The first-order valence-corrected chi connectivity index (χ1v) is 30.8. The van der Waals surface area contributed by atoms with Crippen molar-refractivity contribution in [1.82, 2.24) is 0 Å². The molecule has 0 spiro atoms. The molecule has 414 valence electrons. The maximum absolute atomic E-state index is 12.9. The van der Waals surface area contributed by atoms with Crippen molar-refractivity contribution in [2.75, 3.05) is 19.8 Å². The lowest BCUT2D eigenvalue weighted by atomic mass is 10.1. The number of unbranched alkanes of at least 4 members (excludes halogenated alkanes) is 29. The molecule has 0 rings (SSSR count). The standard InChI is InChI=1S/C67H116O5/c1-4-7-10-13-16-19-22-25-28-31-34-36-39-42-45-48-51-54-57-60-66(68)71-64-65(63-70-62-59-56-53-50-47-44-41-38-33-30-27-24-21-18-15-12-9-6-3)72-67(69)61-58-55-52-49-46-43-40-37-35-32-29-26-23-20-17-14-11-8-5-2/h7,10,16-17,19-20,25-30,34-37,65H,4-6,8-9,11-15,18,21-24,31-33,38-64H2,1-3H3/b10-7-,19-16-,20-17-,28-25-,29-26-,30-27-,36-34-,37-35-. The molecular formula is C67H116O5. The van der Waals surface area contributed by atoms with E-state index in [1.807, 2.05) is 0 Å². The topological polar surface area (TPSA) is 61.8 Å². The number of hydrogen-bond acceptors (Lipinski definition) is 5. The molecule has 1 unspecified atom stereocenters. The number of carbonyl (C=O) groups is 2. The molecule has 0 radical (unpaired) electrons. The van der Waals surface area contributed by atoms with Crippen LogP contribution in [0, 0.1) is 0 Å². The second kappa shape index (κ2) is 62.1. The molecule has 0 amide bonds. The van der Waals surface area contributed by atoms with Crippen molar-refractivity contribution in [3.8, 4) is 0 Å². The Bertz CT molecular complexity index is 1360. The van der Waals surface area contributed by atoms with Crippen LogP contribution >= 0.6 is 0 Å². The molecule has 0 bridgehead atoms. The number of carbonyl (C=O) groups excluding carboxylic acids is 2. The van der Waals surface area contributed by atoms with Crippen LogP contribution in [-0.4, -0.2) is 37.9 Å². The van der Waals surface area contributed by atoms with E-state index in [9.17, 15) is 9.59 Å². The molecule has 0 N–H and O–H groups in total. The van der Waals surface area contributed by atoms with Crippen molar-refractivity contribution in [2.24, 2.45) is 0 Å². The molecule has 0 saturated carbocycles. The van der Waals surface area contributed by atoms with Crippen LogP contribution in [-0.2, 0) is 23.8 Å². The number of hydrogen-bond donors (Lipinski definition) is 0. The second-order valence-electron chi connectivity index (χ2n) is 20.2. The van der Waals surface area contributed by atoms with E-state index in [0.29, 0.717) is 19.4 Å². The Kier molecular flexibility index (Phi) is 59.4. The van der Waals surface area contributed by atoms with E-state index in [4.69, 9.17) is 14.2 Å². The summed E-state index contributed by atoms with van der Waals surface area (Å²) < 4.78 is 17.5. The molecule has 0 aromatic rings. The molecule has 0 heterocycles. The van der Waals surface area contributed by atoms with Crippen molar-refractivity contribution in [2.45, 2.75) is 297 Å². The van der Waals surface area contributed by atoms with Crippen molar-refractivity contribution in [1.29, 1.82) is 0 Å². The Balaban J connectivity index is 4.35. The van der Waals surface area contributed by atoms with Crippen LogP contribution < -0.4 is 0 Å². The highest BCUT2D eigenvalue weighted by atomic mass is 16.6. The molecule has 0 aromatic carbocycles. The van der Waals surface area contributed by atoms with Crippen LogP contribution in [0.1, 0.15) is 290 Å². The average molecular weight is 1000 g/mol. The normalized spacial score (nSPS) is 12.9. The monoisotopic (exact) mass is 1000 g/mol. The van der Waals surface area contributed by atoms with E-state index in [1.54, 1.807) is 0 Å². The third-order valence-electron chi connectivity index (χ3n) is 13.1. The van der Waals surface area contributed by atoms with Gasteiger partial charge in [0.2, 0.25) is 0 Å². The molecule has 1 atom stereocenters. The van der Waals surface area contributed by atoms with E-state index < -0.39 is 6.10 Å². The van der Waals surface area contributed by atoms with Crippen LogP contribution in [0.4, 0.5) is 0 Å². The Labute approximate surface area is 447 Å². The first-order chi connectivity index (χ1) is 35.6. The van der Waals surface area contributed by atoms with Gasteiger partial charge in [-0.05, 0) is 122 Å². The Hall–Kier alpha value is -3.18. The Morgan fingerprint density at radius 3 is 1.04 bits per heavy atom. The second-order valence-corrected chi connectivity index (χ2v) is 20.2. The SMILES string of the molecule is CC/C=C\C/C=C\C/C=C\C/C=C\CCCCCCCCC(=O)OCC(COCCCCCCCCCC/C=C\CCCCCCCC)OC(=O)CCCCCCCC/C=C\C/C=C\C/C=C\CCCCC. The minimum atomic E-state index is -0.558. The van der Waals surface area contributed by atoms with Crippen LogP contribution in [0.15, 0.2) is 97.2 Å². The van der Waals surface area contributed by atoms with Crippen molar-refractivity contribution in [3.05, 3.63) is 97.2 Å². The number of allylic oxidation sites excluding steroid dienone is 16.